The molecular weight excluding hydrogens is 248 g/mol. The van der Waals surface area contributed by atoms with Crippen LogP contribution in [0.25, 0.3) is 11.0 Å². The van der Waals surface area contributed by atoms with Crippen LogP contribution < -0.4 is 16.7 Å². The van der Waals surface area contributed by atoms with E-state index in [2.05, 4.69) is 27.9 Å². The van der Waals surface area contributed by atoms with Crippen LogP contribution in [0.2, 0.25) is 0 Å². The van der Waals surface area contributed by atoms with Crippen molar-refractivity contribution >= 4 is 29.3 Å². The highest BCUT2D eigenvalue weighted by atomic mass is 32.1. The topological polar surface area (TPSA) is 86.7 Å². The minimum absolute atomic E-state index is 0.203. The van der Waals surface area contributed by atoms with Crippen molar-refractivity contribution < 1.29 is 0 Å². The molecule has 1 fully saturated rings. The normalized spacial score (nSPS) is 16.3. The van der Waals surface area contributed by atoms with Gasteiger partial charge < -0.3 is 21.0 Å². The van der Waals surface area contributed by atoms with Crippen LogP contribution in [-0.2, 0) is 0 Å². The second kappa shape index (κ2) is 5.97. The molecule has 0 spiro atoms. The van der Waals surface area contributed by atoms with Gasteiger partial charge in [0.1, 0.15) is 0 Å². The fourth-order valence-corrected chi connectivity index (χ4v) is 2.12. The number of nitrogen functional groups attached to an aromatic ring is 1. The molecule has 0 radical (unpaired) electrons. The van der Waals surface area contributed by atoms with E-state index in [0.717, 1.165) is 24.1 Å². The molecule has 0 saturated carbocycles. The third-order valence-electron chi connectivity index (χ3n) is 2.85. The fourth-order valence-electron chi connectivity index (χ4n) is 1.86. The first-order chi connectivity index (χ1) is 8.65. The van der Waals surface area contributed by atoms with Gasteiger partial charge in [-0.3, -0.25) is 0 Å². The van der Waals surface area contributed by atoms with Crippen LogP contribution in [0.1, 0.15) is 12.8 Å². The largest absolute Gasteiger partial charge is 0.399 e. The summed E-state index contributed by atoms with van der Waals surface area (Å²) in [6, 6.07) is 5.22. The van der Waals surface area contributed by atoms with Gasteiger partial charge >= 0.3 is 5.69 Å². The molecule has 1 aliphatic rings. The van der Waals surface area contributed by atoms with Gasteiger partial charge in [-0.15, -0.1) is 0 Å². The van der Waals surface area contributed by atoms with Gasteiger partial charge in [-0.25, -0.2) is 4.79 Å². The van der Waals surface area contributed by atoms with Gasteiger partial charge in [0.05, 0.1) is 11.0 Å². The van der Waals surface area contributed by atoms with Crippen molar-refractivity contribution in [2.75, 3.05) is 18.8 Å². The minimum Gasteiger partial charge on any atom is -0.399 e. The van der Waals surface area contributed by atoms with Crippen molar-refractivity contribution in [2.45, 2.75) is 18.1 Å². The molecule has 2 heterocycles. The van der Waals surface area contributed by atoms with Crippen LogP contribution in [0.5, 0.6) is 0 Å². The molecule has 3 rings (SSSR count). The van der Waals surface area contributed by atoms with Gasteiger partial charge in [-0.1, -0.05) is 0 Å². The molecule has 1 aromatic heterocycles. The van der Waals surface area contributed by atoms with Gasteiger partial charge in [-0.05, 0) is 44.1 Å². The number of rotatable bonds is 0. The van der Waals surface area contributed by atoms with E-state index in [-0.39, 0.29) is 5.69 Å². The number of benzene rings is 1. The van der Waals surface area contributed by atoms with Crippen molar-refractivity contribution in [2.24, 2.45) is 0 Å². The highest BCUT2D eigenvalue weighted by Gasteiger charge is 2.05. The van der Waals surface area contributed by atoms with Crippen molar-refractivity contribution in [3.63, 3.8) is 0 Å². The summed E-state index contributed by atoms with van der Waals surface area (Å²) in [5.41, 5.74) is 7.47. The lowest BCUT2D eigenvalue weighted by molar-refractivity contribution is 0.533. The van der Waals surface area contributed by atoms with E-state index in [1.165, 1.54) is 12.8 Å². The summed E-state index contributed by atoms with van der Waals surface area (Å²) in [4.78, 5) is 16.0. The van der Waals surface area contributed by atoms with Gasteiger partial charge in [-0.2, -0.15) is 12.6 Å². The number of H-pyrrole nitrogens is 2. The molecule has 5 N–H and O–H groups in total. The maximum absolute atomic E-state index is 10.7. The zero-order valence-electron chi connectivity index (χ0n) is 10.1. The molecule has 18 heavy (non-hydrogen) atoms. The van der Waals surface area contributed by atoms with Crippen LogP contribution in [0, 0.1) is 0 Å². The zero-order valence-corrected chi connectivity index (χ0v) is 11.0. The van der Waals surface area contributed by atoms with Crippen molar-refractivity contribution in [1.29, 1.82) is 0 Å². The average molecular weight is 266 g/mol. The summed E-state index contributed by atoms with van der Waals surface area (Å²) < 4.78 is 0. The minimum atomic E-state index is -0.203. The Morgan fingerprint density at radius 2 is 1.83 bits per heavy atom. The molecule has 2 aromatic rings. The number of piperidine rings is 1. The van der Waals surface area contributed by atoms with Gasteiger partial charge in [0, 0.05) is 10.9 Å². The van der Waals surface area contributed by atoms with Crippen LogP contribution in [0.4, 0.5) is 5.69 Å². The van der Waals surface area contributed by atoms with Crippen molar-refractivity contribution in [1.82, 2.24) is 15.3 Å². The smallest absolute Gasteiger partial charge is 0.323 e. The Hall–Kier alpha value is -1.40. The third-order valence-corrected chi connectivity index (χ3v) is 3.37. The lowest BCUT2D eigenvalue weighted by atomic mass is 10.2. The average Bonchev–Trinajstić information content (AvgIpc) is 2.70. The molecule has 0 bridgehead atoms. The van der Waals surface area contributed by atoms with E-state index in [0.29, 0.717) is 10.9 Å². The number of anilines is 1. The second-order valence-electron chi connectivity index (χ2n) is 4.37. The molecular formula is C12H18N4OS. The first-order valence-electron chi connectivity index (χ1n) is 6.01. The van der Waals surface area contributed by atoms with Crippen LogP contribution in [0.15, 0.2) is 23.0 Å². The number of hydrogen-bond donors (Lipinski definition) is 5. The molecule has 0 aliphatic carbocycles. The van der Waals surface area contributed by atoms with E-state index in [9.17, 15) is 4.79 Å². The lowest BCUT2D eigenvalue weighted by Gasteiger charge is -2.16. The number of nitrogens with two attached hydrogens (primary N) is 1. The molecule has 6 heteroatoms. The summed E-state index contributed by atoms with van der Waals surface area (Å²) >= 11 is 4.32. The fraction of sp³-hybridized carbons (Fsp3) is 0.417. The Labute approximate surface area is 111 Å². The van der Waals surface area contributed by atoms with E-state index in [1.807, 2.05) is 0 Å². The first kappa shape index (κ1) is 13.0. The molecule has 0 amide bonds. The molecule has 5 nitrogen and oxygen atoms in total. The number of hydrogen-bond acceptors (Lipinski definition) is 4. The van der Waals surface area contributed by atoms with Gasteiger partial charge in [0.2, 0.25) is 0 Å². The highest BCUT2D eigenvalue weighted by molar-refractivity contribution is 7.80. The summed E-state index contributed by atoms with van der Waals surface area (Å²) in [7, 11) is 0. The Bertz CT molecular complexity index is 556. The van der Waals surface area contributed by atoms with E-state index >= 15 is 0 Å². The Morgan fingerprint density at radius 1 is 1.17 bits per heavy atom. The summed E-state index contributed by atoms with van der Waals surface area (Å²) in [5, 5.41) is 3.93. The van der Waals surface area contributed by atoms with E-state index in [4.69, 9.17) is 5.73 Å². The Balaban J connectivity index is 0.000000149. The maximum atomic E-state index is 10.7. The molecule has 1 aliphatic heterocycles. The van der Waals surface area contributed by atoms with E-state index in [1.54, 1.807) is 18.2 Å². The van der Waals surface area contributed by atoms with Crippen molar-refractivity contribution in [3.05, 3.63) is 28.7 Å². The quantitative estimate of drug-likeness (QED) is 0.366. The first-order valence-corrected chi connectivity index (χ1v) is 6.53. The second-order valence-corrected chi connectivity index (χ2v) is 5.10. The number of nitrogens with one attached hydrogen (secondary N) is 3. The number of aromatic nitrogens is 2. The Morgan fingerprint density at radius 3 is 2.44 bits per heavy atom. The predicted molar refractivity (Wildman–Crippen MR) is 78.2 cm³/mol. The molecule has 98 valence electrons. The highest BCUT2D eigenvalue weighted by Crippen LogP contribution is 2.10. The molecule has 0 atom stereocenters. The Kier molecular flexibility index (Phi) is 4.33. The summed E-state index contributed by atoms with van der Waals surface area (Å²) in [6.45, 7) is 2.32. The summed E-state index contributed by atoms with van der Waals surface area (Å²) in [5.74, 6) is 0. The molecule has 0 unspecified atom stereocenters. The van der Waals surface area contributed by atoms with Crippen molar-refractivity contribution in [3.8, 4) is 0 Å². The SMILES string of the molecule is Nc1ccc2[nH]c(=O)[nH]c2c1.SC1CCNCC1. The third kappa shape index (κ3) is 3.54. The van der Waals surface area contributed by atoms with Crippen LogP contribution in [0.3, 0.4) is 0 Å². The van der Waals surface area contributed by atoms with Gasteiger partial charge in [0.15, 0.2) is 0 Å². The summed E-state index contributed by atoms with van der Waals surface area (Å²) in [6.07, 6.45) is 2.48. The lowest BCUT2D eigenvalue weighted by Crippen LogP contribution is -2.27. The zero-order chi connectivity index (χ0) is 13.0. The van der Waals surface area contributed by atoms with E-state index < -0.39 is 0 Å². The van der Waals surface area contributed by atoms with Crippen LogP contribution >= 0.6 is 12.6 Å². The number of thiol groups is 1. The molecule has 1 aromatic carbocycles. The number of aromatic amines is 2. The standard InChI is InChI=1S/C7H7N3O.C5H11NS/c8-4-1-2-5-6(3-4)10-7(11)9-5;7-5-1-3-6-4-2-5/h1-3H,8H2,(H2,9,10,11);5-7H,1-4H2. The monoisotopic (exact) mass is 266 g/mol. The predicted octanol–water partition coefficient (Wildman–Crippen LogP) is 1.11. The van der Waals surface area contributed by atoms with Crippen LogP contribution in [-0.4, -0.2) is 28.3 Å². The number of imidazole rings is 1. The van der Waals surface area contributed by atoms with Gasteiger partial charge in [0.25, 0.3) is 0 Å². The molecule has 1 saturated heterocycles. The number of fused-ring (bicyclic) bond motifs is 1. The maximum Gasteiger partial charge on any atom is 0.323 e.